The summed E-state index contributed by atoms with van der Waals surface area (Å²) in [5.74, 6) is 0.952. The number of rotatable bonds is 4. The number of aryl methyl sites for hydroxylation is 1. The Bertz CT molecular complexity index is 1050. The van der Waals surface area contributed by atoms with Gasteiger partial charge in [-0.15, -0.1) is 0 Å². The number of fused-ring (bicyclic) bond motifs is 3. The van der Waals surface area contributed by atoms with Gasteiger partial charge in [0.25, 0.3) is 0 Å². The van der Waals surface area contributed by atoms with Crippen molar-refractivity contribution in [2.75, 3.05) is 20.3 Å². The number of methoxy groups -OCH3 is 1. The second-order valence-electron chi connectivity index (χ2n) is 8.47. The van der Waals surface area contributed by atoms with Crippen LogP contribution in [0.3, 0.4) is 0 Å². The number of hydrogen-bond donors (Lipinski definition) is 0. The molecule has 2 aromatic rings. The molecular formula is C19H25N4O7P. The molecule has 0 radical (unpaired) electrons. The molecule has 0 aromatic carbocycles. The summed E-state index contributed by atoms with van der Waals surface area (Å²) in [5.41, 5.74) is 0.297. The number of imidazole rings is 1. The van der Waals surface area contributed by atoms with E-state index in [1.807, 2.05) is 4.57 Å². The molecule has 0 amide bonds. The lowest BCUT2D eigenvalue weighted by Crippen LogP contribution is -2.58. The molecule has 31 heavy (non-hydrogen) atoms. The first-order chi connectivity index (χ1) is 15.0. The molecule has 0 bridgehead atoms. The van der Waals surface area contributed by atoms with Crippen molar-refractivity contribution in [3.63, 3.8) is 0 Å². The van der Waals surface area contributed by atoms with Crippen molar-refractivity contribution in [3.8, 4) is 5.88 Å². The van der Waals surface area contributed by atoms with E-state index in [0.29, 0.717) is 35.9 Å². The van der Waals surface area contributed by atoms with Crippen LogP contribution in [0.25, 0.3) is 11.2 Å². The van der Waals surface area contributed by atoms with Crippen LogP contribution in [0.15, 0.2) is 6.33 Å². The van der Waals surface area contributed by atoms with Gasteiger partial charge in [0.15, 0.2) is 17.4 Å². The molecule has 4 aliphatic rings. The Morgan fingerprint density at radius 3 is 2.81 bits per heavy atom. The van der Waals surface area contributed by atoms with Crippen LogP contribution in [0, 0.1) is 6.92 Å². The average molecular weight is 452 g/mol. The standard InChI is InChI=1S/C19H25N4O7P/c1-11-21-16-14(17(22-11)25-2)20-10-23(16)18-19(7-8-26-19)15-13(28-18)9-27-31(24,30-15)29-12-5-3-4-6-12/h10,12-13,15,18H,3-9H2,1-2H3/t13?,15-,18?,19-,31?/m1/s1. The van der Waals surface area contributed by atoms with Crippen LogP contribution in [-0.2, 0) is 27.6 Å². The van der Waals surface area contributed by atoms with Crippen molar-refractivity contribution in [3.05, 3.63) is 12.2 Å². The molecule has 0 N–H and O–H groups in total. The smallest absolute Gasteiger partial charge is 0.475 e. The molecule has 4 fully saturated rings. The molecule has 5 atom stereocenters. The first-order valence-electron chi connectivity index (χ1n) is 10.7. The summed E-state index contributed by atoms with van der Waals surface area (Å²) in [6.07, 6.45) is 4.51. The van der Waals surface area contributed by atoms with E-state index >= 15 is 0 Å². The van der Waals surface area contributed by atoms with Gasteiger partial charge in [-0.05, 0) is 19.8 Å². The molecule has 1 saturated carbocycles. The van der Waals surface area contributed by atoms with Crippen molar-refractivity contribution in [1.82, 2.24) is 19.5 Å². The fraction of sp³-hybridized carbons (Fsp3) is 0.737. The van der Waals surface area contributed by atoms with Crippen LogP contribution >= 0.6 is 7.82 Å². The van der Waals surface area contributed by atoms with E-state index in [2.05, 4.69) is 15.0 Å². The van der Waals surface area contributed by atoms with Crippen LogP contribution in [0.2, 0.25) is 0 Å². The molecule has 2 aromatic heterocycles. The van der Waals surface area contributed by atoms with E-state index < -0.39 is 31.9 Å². The molecule has 1 aliphatic carbocycles. The zero-order chi connectivity index (χ0) is 21.2. The SMILES string of the molecule is COc1nc(C)nc2c1ncn2C1OC2COP(=O)(OC3CCCC3)O[C@H]2[C@]12CCO2. The first-order valence-corrected chi connectivity index (χ1v) is 12.1. The molecule has 168 valence electrons. The summed E-state index contributed by atoms with van der Waals surface area (Å²) in [7, 11) is -2.15. The lowest BCUT2D eigenvalue weighted by molar-refractivity contribution is -0.224. The number of phosphoric acid groups is 1. The molecular weight excluding hydrogens is 427 g/mol. The number of phosphoric ester groups is 1. The van der Waals surface area contributed by atoms with Crippen molar-refractivity contribution < 1.29 is 32.3 Å². The van der Waals surface area contributed by atoms with E-state index in [9.17, 15) is 4.57 Å². The Labute approximate surface area is 179 Å². The first kappa shape index (κ1) is 20.0. The third-order valence-electron chi connectivity index (χ3n) is 6.57. The van der Waals surface area contributed by atoms with Crippen molar-refractivity contribution in [2.24, 2.45) is 0 Å². The summed E-state index contributed by atoms with van der Waals surface area (Å²) in [4.78, 5) is 13.3. The number of aromatic nitrogens is 4. The van der Waals surface area contributed by atoms with E-state index in [1.165, 1.54) is 0 Å². The highest BCUT2D eigenvalue weighted by Crippen LogP contribution is 2.62. The van der Waals surface area contributed by atoms with Gasteiger partial charge in [-0.1, -0.05) is 12.8 Å². The summed E-state index contributed by atoms with van der Waals surface area (Å²) >= 11 is 0. The lowest BCUT2D eigenvalue weighted by Gasteiger charge is -2.46. The topological polar surface area (TPSA) is 116 Å². The highest BCUT2D eigenvalue weighted by Gasteiger charge is 2.67. The summed E-state index contributed by atoms with van der Waals surface area (Å²) in [6, 6.07) is 0. The van der Waals surface area contributed by atoms with E-state index in [1.54, 1.807) is 20.4 Å². The van der Waals surface area contributed by atoms with Gasteiger partial charge >= 0.3 is 7.82 Å². The second kappa shape index (κ2) is 7.19. The van der Waals surface area contributed by atoms with Crippen LogP contribution in [0.4, 0.5) is 0 Å². The number of nitrogens with zero attached hydrogens (tertiary/aromatic N) is 4. The van der Waals surface area contributed by atoms with Gasteiger partial charge in [0.2, 0.25) is 5.88 Å². The molecule has 3 saturated heterocycles. The number of hydrogen-bond acceptors (Lipinski definition) is 10. The van der Waals surface area contributed by atoms with E-state index in [-0.39, 0.29) is 12.7 Å². The maximum atomic E-state index is 13.3. The van der Waals surface area contributed by atoms with Crippen LogP contribution in [0.1, 0.15) is 44.2 Å². The van der Waals surface area contributed by atoms with Crippen molar-refractivity contribution >= 4 is 19.0 Å². The van der Waals surface area contributed by atoms with Gasteiger partial charge in [0.05, 0.1) is 32.8 Å². The highest BCUT2D eigenvalue weighted by atomic mass is 31.2. The van der Waals surface area contributed by atoms with Gasteiger partial charge in [-0.25, -0.2) is 14.5 Å². The van der Waals surface area contributed by atoms with E-state index in [4.69, 9.17) is 27.8 Å². The van der Waals surface area contributed by atoms with Gasteiger partial charge < -0.3 is 14.2 Å². The van der Waals surface area contributed by atoms with Gasteiger partial charge in [-0.3, -0.25) is 18.1 Å². The van der Waals surface area contributed by atoms with Crippen LogP contribution in [-0.4, -0.2) is 63.8 Å². The Kier molecular flexibility index (Phi) is 4.65. The molecule has 1 spiro atoms. The maximum Gasteiger partial charge on any atom is 0.475 e. The quantitative estimate of drug-likeness (QED) is 0.641. The molecule has 3 aliphatic heterocycles. The minimum absolute atomic E-state index is 0.0940. The minimum atomic E-state index is -3.69. The monoisotopic (exact) mass is 452 g/mol. The fourth-order valence-electron chi connectivity index (χ4n) is 5.02. The van der Waals surface area contributed by atoms with E-state index in [0.717, 1.165) is 25.7 Å². The van der Waals surface area contributed by atoms with Gasteiger partial charge in [-0.2, -0.15) is 4.98 Å². The Hall–Kier alpha value is -1.62. The predicted molar refractivity (Wildman–Crippen MR) is 106 cm³/mol. The molecule has 6 rings (SSSR count). The number of ether oxygens (including phenoxy) is 3. The lowest BCUT2D eigenvalue weighted by atomic mass is 9.86. The molecule has 11 nitrogen and oxygen atoms in total. The van der Waals surface area contributed by atoms with Crippen molar-refractivity contribution in [2.45, 2.75) is 69.2 Å². The predicted octanol–water partition coefficient (Wildman–Crippen LogP) is 2.68. The Balaban J connectivity index is 1.34. The fourth-order valence-corrected chi connectivity index (χ4v) is 6.69. The molecule has 12 heteroatoms. The zero-order valence-electron chi connectivity index (χ0n) is 17.4. The third kappa shape index (κ3) is 3.06. The summed E-state index contributed by atoms with van der Waals surface area (Å²) < 4.78 is 50.2. The zero-order valence-corrected chi connectivity index (χ0v) is 18.3. The van der Waals surface area contributed by atoms with Crippen LogP contribution < -0.4 is 4.74 Å². The average Bonchev–Trinajstić information content (AvgIpc) is 3.43. The van der Waals surface area contributed by atoms with Gasteiger partial charge in [0, 0.05) is 6.42 Å². The molecule has 3 unspecified atom stereocenters. The summed E-state index contributed by atoms with van der Waals surface area (Å²) in [5, 5.41) is 0. The third-order valence-corrected chi connectivity index (χ3v) is 8.08. The highest BCUT2D eigenvalue weighted by molar-refractivity contribution is 7.48. The maximum absolute atomic E-state index is 13.3. The Morgan fingerprint density at radius 1 is 1.29 bits per heavy atom. The largest absolute Gasteiger partial charge is 0.479 e. The summed E-state index contributed by atoms with van der Waals surface area (Å²) in [6.45, 7) is 2.46. The van der Waals surface area contributed by atoms with Crippen molar-refractivity contribution in [1.29, 1.82) is 0 Å². The van der Waals surface area contributed by atoms with Gasteiger partial charge in [0.1, 0.15) is 23.6 Å². The second-order valence-corrected chi connectivity index (χ2v) is 10.0. The van der Waals surface area contributed by atoms with Crippen LogP contribution in [0.5, 0.6) is 5.88 Å². The normalized spacial score (nSPS) is 37.9. The minimum Gasteiger partial charge on any atom is -0.479 e. The molecule has 5 heterocycles. The Morgan fingerprint density at radius 2 is 2.10 bits per heavy atom.